The lowest BCUT2D eigenvalue weighted by molar-refractivity contribution is -0.113. The van der Waals surface area contributed by atoms with Gasteiger partial charge >= 0.3 is 11.9 Å². The molecule has 2 aromatic heterocycles. The number of esters is 2. The van der Waals surface area contributed by atoms with E-state index in [-0.39, 0.29) is 38.6 Å². The highest BCUT2D eigenvalue weighted by atomic mass is 35.5. The van der Waals surface area contributed by atoms with Crippen LogP contribution in [0.4, 0.5) is 9.39 Å². The molecule has 1 amide bonds. The lowest BCUT2D eigenvalue weighted by Crippen LogP contribution is -2.16. The number of nitrogens with one attached hydrogen (secondary N) is 1. The molecule has 1 N–H and O–H groups in total. The Hall–Kier alpha value is -3.42. The largest absolute Gasteiger partial charge is 0.484 e. The molecule has 37 heavy (non-hydrogen) atoms. The lowest BCUT2D eigenvalue weighted by atomic mass is 10.1. The number of nitrogens with zero attached hydrogens (tertiary/aromatic N) is 3. The van der Waals surface area contributed by atoms with Crippen LogP contribution in [0.15, 0.2) is 36.0 Å². The van der Waals surface area contributed by atoms with Crippen LogP contribution in [-0.2, 0) is 27.4 Å². The number of methoxy groups -OCH3 is 2. The van der Waals surface area contributed by atoms with Crippen molar-refractivity contribution in [3.8, 4) is 5.75 Å². The second-order valence-corrected chi connectivity index (χ2v) is 9.61. The van der Waals surface area contributed by atoms with Crippen molar-refractivity contribution in [2.24, 2.45) is 0 Å². The van der Waals surface area contributed by atoms with Gasteiger partial charge in [-0.05, 0) is 30.7 Å². The Morgan fingerprint density at radius 3 is 2.62 bits per heavy atom. The zero-order valence-corrected chi connectivity index (χ0v) is 22.4. The molecule has 0 saturated carbocycles. The molecule has 0 aliphatic carbocycles. The van der Waals surface area contributed by atoms with E-state index in [1.54, 1.807) is 17.6 Å². The number of ether oxygens (including phenoxy) is 3. The van der Waals surface area contributed by atoms with Gasteiger partial charge in [0, 0.05) is 6.54 Å². The molecule has 0 saturated heterocycles. The minimum Gasteiger partial charge on any atom is -0.484 e. The van der Waals surface area contributed by atoms with Crippen LogP contribution in [0.25, 0.3) is 0 Å². The van der Waals surface area contributed by atoms with Crippen LogP contribution in [0.3, 0.4) is 0 Å². The van der Waals surface area contributed by atoms with Crippen LogP contribution in [-0.4, -0.2) is 52.6 Å². The Morgan fingerprint density at radius 2 is 1.97 bits per heavy atom. The van der Waals surface area contributed by atoms with E-state index in [2.05, 4.69) is 22.1 Å². The second kappa shape index (κ2) is 12.7. The van der Waals surface area contributed by atoms with Gasteiger partial charge in [-0.1, -0.05) is 29.4 Å². The van der Waals surface area contributed by atoms with Crippen molar-refractivity contribution < 1.29 is 33.0 Å². The van der Waals surface area contributed by atoms with E-state index < -0.39 is 23.7 Å². The Morgan fingerprint density at radius 1 is 1.24 bits per heavy atom. The Balaban J connectivity index is 1.72. The maximum atomic E-state index is 13.3. The van der Waals surface area contributed by atoms with Gasteiger partial charge in [-0.2, -0.15) is 0 Å². The number of halogens is 2. The molecule has 0 fully saturated rings. The van der Waals surface area contributed by atoms with Gasteiger partial charge in [-0.15, -0.1) is 28.1 Å². The van der Waals surface area contributed by atoms with Gasteiger partial charge in [0.05, 0.1) is 30.6 Å². The number of thioether (sulfide) groups is 1. The Bertz CT molecular complexity index is 1340. The van der Waals surface area contributed by atoms with Crippen molar-refractivity contribution in [1.29, 1.82) is 0 Å². The molecule has 3 aromatic rings. The summed E-state index contributed by atoms with van der Waals surface area (Å²) in [5.41, 5.74) is 0.434. The summed E-state index contributed by atoms with van der Waals surface area (Å²) >= 11 is 8.02. The molecule has 0 atom stereocenters. The van der Waals surface area contributed by atoms with Gasteiger partial charge in [0.25, 0.3) is 0 Å². The van der Waals surface area contributed by atoms with Crippen LogP contribution in [0, 0.1) is 12.7 Å². The van der Waals surface area contributed by atoms with Crippen LogP contribution in [0.1, 0.15) is 31.4 Å². The van der Waals surface area contributed by atoms with Crippen molar-refractivity contribution in [1.82, 2.24) is 14.8 Å². The predicted octanol–water partition coefficient (Wildman–Crippen LogP) is 4.51. The Labute approximate surface area is 224 Å². The molecule has 2 heterocycles. The van der Waals surface area contributed by atoms with Gasteiger partial charge in [0.1, 0.15) is 28.1 Å². The summed E-state index contributed by atoms with van der Waals surface area (Å²) in [7, 11) is 2.43. The molecular formula is C23H22ClFN4O6S2. The first-order valence-corrected chi connectivity index (χ1v) is 12.7. The first kappa shape index (κ1) is 28.2. The summed E-state index contributed by atoms with van der Waals surface area (Å²) in [4.78, 5) is 37.2. The summed E-state index contributed by atoms with van der Waals surface area (Å²) < 4.78 is 30.2. The number of amides is 1. The summed E-state index contributed by atoms with van der Waals surface area (Å²) in [5.74, 6) is -1.61. The summed E-state index contributed by atoms with van der Waals surface area (Å²) in [6.45, 7) is 5.63. The highest BCUT2D eigenvalue weighted by Gasteiger charge is 2.27. The van der Waals surface area contributed by atoms with Crippen molar-refractivity contribution in [2.45, 2.75) is 25.2 Å². The molecule has 0 aliphatic heterocycles. The van der Waals surface area contributed by atoms with Crippen LogP contribution in [0.2, 0.25) is 5.02 Å². The normalized spacial score (nSPS) is 10.6. The predicted molar refractivity (Wildman–Crippen MR) is 137 cm³/mol. The number of aromatic nitrogens is 3. The molecule has 0 radical (unpaired) electrons. The number of hydrogen-bond donors (Lipinski definition) is 1. The van der Waals surface area contributed by atoms with Gasteiger partial charge in [0.15, 0.2) is 11.0 Å². The quantitative estimate of drug-likeness (QED) is 0.202. The molecule has 0 spiro atoms. The van der Waals surface area contributed by atoms with E-state index >= 15 is 0 Å². The number of benzene rings is 1. The molecular weight excluding hydrogens is 547 g/mol. The second-order valence-electron chi connectivity index (χ2n) is 7.24. The van der Waals surface area contributed by atoms with Crippen LogP contribution >= 0.6 is 34.7 Å². The topological polar surface area (TPSA) is 122 Å². The average Bonchev–Trinajstić information content (AvgIpc) is 3.41. The number of carbonyl (C=O) groups is 3. The van der Waals surface area contributed by atoms with E-state index in [1.807, 2.05) is 0 Å². The number of allylic oxidation sites excluding steroid dienone is 1. The van der Waals surface area contributed by atoms with Crippen molar-refractivity contribution in [3.63, 3.8) is 0 Å². The number of carbonyl (C=O) groups excluding carboxylic acids is 3. The number of thiophene rings is 1. The first-order valence-electron chi connectivity index (χ1n) is 10.5. The fraction of sp³-hybridized carbons (Fsp3) is 0.261. The monoisotopic (exact) mass is 568 g/mol. The SMILES string of the molecule is C=CCn1c(COc2ccc(F)cc2Cl)nnc1SCC(=O)Nc1sc(C(=O)OC)c(C)c1C(=O)OC. The maximum Gasteiger partial charge on any atom is 0.348 e. The molecule has 14 heteroatoms. The zero-order valence-electron chi connectivity index (χ0n) is 20.0. The smallest absolute Gasteiger partial charge is 0.348 e. The standard InChI is InChI=1S/C23H22ClFN4O6S2/c1-5-8-29-16(10-35-15-7-6-13(25)9-14(15)24)27-28-23(29)36-11-17(30)26-20-18(21(31)33-3)12(2)19(37-20)22(32)34-4/h5-7,9H,1,8,10-11H2,2-4H3,(H,26,30). The third-order valence-electron chi connectivity index (χ3n) is 4.85. The molecule has 10 nitrogen and oxygen atoms in total. The fourth-order valence-electron chi connectivity index (χ4n) is 3.11. The highest BCUT2D eigenvalue weighted by Crippen LogP contribution is 2.34. The summed E-state index contributed by atoms with van der Waals surface area (Å²) in [5, 5.41) is 11.6. The van der Waals surface area contributed by atoms with Crippen LogP contribution in [0.5, 0.6) is 5.75 Å². The van der Waals surface area contributed by atoms with Crippen molar-refractivity contribution >= 4 is 57.5 Å². The fourth-order valence-corrected chi connectivity index (χ4v) is 5.23. The minimum atomic E-state index is -0.691. The minimum absolute atomic E-state index is 0.00772. The molecule has 196 valence electrons. The zero-order chi connectivity index (χ0) is 27.1. The van der Waals surface area contributed by atoms with Crippen molar-refractivity contribution in [3.05, 3.63) is 63.5 Å². The molecule has 0 aliphatic rings. The van der Waals surface area contributed by atoms with Gasteiger partial charge in [-0.25, -0.2) is 14.0 Å². The van der Waals surface area contributed by atoms with E-state index in [1.165, 1.54) is 26.4 Å². The van der Waals surface area contributed by atoms with E-state index in [0.717, 1.165) is 29.2 Å². The first-order chi connectivity index (χ1) is 17.7. The molecule has 0 unspecified atom stereocenters. The van der Waals surface area contributed by atoms with Gasteiger partial charge in [-0.3, -0.25) is 9.36 Å². The molecule has 0 bridgehead atoms. The van der Waals surface area contributed by atoms with Gasteiger partial charge < -0.3 is 19.5 Å². The molecule has 1 aromatic carbocycles. The third kappa shape index (κ3) is 6.67. The van der Waals surface area contributed by atoms with Gasteiger partial charge in [0.2, 0.25) is 5.91 Å². The summed E-state index contributed by atoms with van der Waals surface area (Å²) in [6, 6.07) is 3.77. The summed E-state index contributed by atoms with van der Waals surface area (Å²) in [6.07, 6.45) is 1.63. The maximum absolute atomic E-state index is 13.3. The number of anilines is 1. The Kier molecular flexibility index (Phi) is 9.66. The van der Waals surface area contributed by atoms with E-state index in [0.29, 0.717) is 23.1 Å². The average molecular weight is 569 g/mol. The highest BCUT2D eigenvalue weighted by molar-refractivity contribution is 7.99. The number of rotatable bonds is 11. The third-order valence-corrected chi connectivity index (χ3v) is 7.30. The lowest BCUT2D eigenvalue weighted by Gasteiger charge is -2.10. The van der Waals surface area contributed by atoms with Crippen LogP contribution < -0.4 is 10.1 Å². The molecule has 3 rings (SSSR count). The van der Waals surface area contributed by atoms with E-state index in [9.17, 15) is 18.8 Å². The van der Waals surface area contributed by atoms with Crippen molar-refractivity contribution in [2.75, 3.05) is 25.3 Å². The number of hydrogen-bond acceptors (Lipinski definition) is 10. The van der Waals surface area contributed by atoms with E-state index in [4.69, 9.17) is 25.8 Å².